The molecule has 4 amide bonds. The van der Waals surface area contributed by atoms with Crippen molar-refractivity contribution in [3.63, 3.8) is 0 Å². The second-order valence-electron chi connectivity index (χ2n) is 10.2. The summed E-state index contributed by atoms with van der Waals surface area (Å²) in [4.78, 5) is 57.1. The molecule has 1 atom stereocenters. The maximum Gasteiger partial charge on any atom is 0.429 e. The molecule has 0 bridgehead atoms. The van der Waals surface area contributed by atoms with Crippen LogP contribution in [0.15, 0.2) is 24.3 Å². The number of H-pyrrole nitrogens is 1. The standard InChI is InChI=1S/C23H34N6O5/c1-22(2,3)13-16(27-20(32)18-25-14-9-7-8-10-15(14)26-18)19(31)28-29(12-11-17(24)30)21(33)34-23(4,5)6/h7-10,16H,11-13H2,1-6H3,(H2,24,30)(H,25,26)(H,27,32)(H,28,31)/t16-/m0/s1. The molecule has 0 aliphatic rings. The summed E-state index contributed by atoms with van der Waals surface area (Å²) < 4.78 is 5.32. The SMILES string of the molecule is CC(C)(C)C[C@H](NC(=O)c1nc2ccccc2[nH]1)C(=O)NN(CCC(N)=O)C(=O)OC(C)(C)C. The number of carbonyl (C=O) groups excluding carboxylic acids is 4. The highest BCUT2D eigenvalue weighted by Gasteiger charge is 2.31. The van der Waals surface area contributed by atoms with Crippen LogP contribution in [0.5, 0.6) is 0 Å². The monoisotopic (exact) mass is 474 g/mol. The highest BCUT2D eigenvalue weighted by Crippen LogP contribution is 2.21. The maximum absolute atomic E-state index is 13.2. The number of para-hydroxylation sites is 2. The van der Waals surface area contributed by atoms with Gasteiger partial charge in [0.2, 0.25) is 5.91 Å². The molecule has 1 heterocycles. The number of nitrogens with one attached hydrogen (secondary N) is 3. The van der Waals surface area contributed by atoms with Crippen molar-refractivity contribution < 1.29 is 23.9 Å². The van der Waals surface area contributed by atoms with E-state index in [2.05, 4.69) is 20.7 Å². The molecule has 0 saturated heterocycles. The fourth-order valence-electron chi connectivity index (χ4n) is 3.05. The van der Waals surface area contributed by atoms with Gasteiger partial charge in [0.25, 0.3) is 11.8 Å². The molecular weight excluding hydrogens is 440 g/mol. The van der Waals surface area contributed by atoms with Crippen molar-refractivity contribution in [3.8, 4) is 0 Å². The van der Waals surface area contributed by atoms with Crippen LogP contribution in [0.25, 0.3) is 11.0 Å². The number of rotatable bonds is 7. The number of nitrogens with zero attached hydrogens (tertiary/aromatic N) is 2. The molecule has 5 N–H and O–H groups in total. The zero-order valence-electron chi connectivity index (χ0n) is 20.5. The van der Waals surface area contributed by atoms with Crippen LogP contribution < -0.4 is 16.5 Å². The number of benzene rings is 1. The third-order valence-corrected chi connectivity index (χ3v) is 4.48. The number of hydrogen-bond acceptors (Lipinski definition) is 6. The van der Waals surface area contributed by atoms with Crippen LogP contribution in [0, 0.1) is 5.41 Å². The second kappa shape index (κ2) is 10.5. The van der Waals surface area contributed by atoms with E-state index in [0.717, 1.165) is 5.01 Å². The molecule has 11 nitrogen and oxygen atoms in total. The number of aromatic nitrogens is 2. The molecule has 2 aromatic rings. The third-order valence-electron chi connectivity index (χ3n) is 4.48. The van der Waals surface area contributed by atoms with Crippen molar-refractivity contribution in [2.75, 3.05) is 6.54 Å². The largest absolute Gasteiger partial charge is 0.442 e. The minimum Gasteiger partial charge on any atom is -0.442 e. The van der Waals surface area contributed by atoms with Crippen LogP contribution in [0.4, 0.5) is 4.79 Å². The minimum absolute atomic E-state index is 0.0608. The van der Waals surface area contributed by atoms with E-state index in [1.807, 2.05) is 26.8 Å². The zero-order valence-corrected chi connectivity index (χ0v) is 20.5. The van der Waals surface area contributed by atoms with E-state index in [0.29, 0.717) is 11.0 Å². The molecular formula is C23H34N6O5. The Labute approximate surface area is 198 Å². The molecule has 0 fully saturated rings. The Kier molecular flexibility index (Phi) is 8.25. The smallest absolute Gasteiger partial charge is 0.429 e. The highest BCUT2D eigenvalue weighted by molar-refractivity contribution is 5.97. The number of primary amides is 1. The van der Waals surface area contributed by atoms with Gasteiger partial charge in [0.05, 0.1) is 17.6 Å². The molecule has 1 aromatic heterocycles. The van der Waals surface area contributed by atoms with E-state index in [9.17, 15) is 19.2 Å². The normalized spacial score (nSPS) is 12.6. The van der Waals surface area contributed by atoms with Gasteiger partial charge in [-0.15, -0.1) is 0 Å². The van der Waals surface area contributed by atoms with Gasteiger partial charge in [-0.1, -0.05) is 32.9 Å². The Morgan fingerprint density at radius 1 is 1.12 bits per heavy atom. The van der Waals surface area contributed by atoms with E-state index < -0.39 is 35.5 Å². The van der Waals surface area contributed by atoms with E-state index >= 15 is 0 Å². The quantitative estimate of drug-likeness (QED) is 0.450. The highest BCUT2D eigenvalue weighted by atomic mass is 16.6. The number of fused-ring (bicyclic) bond motifs is 1. The second-order valence-corrected chi connectivity index (χ2v) is 10.2. The molecule has 0 unspecified atom stereocenters. The molecule has 0 saturated carbocycles. The molecule has 186 valence electrons. The first-order valence-corrected chi connectivity index (χ1v) is 11.0. The predicted molar refractivity (Wildman–Crippen MR) is 126 cm³/mol. The number of aromatic amines is 1. The molecule has 0 spiro atoms. The van der Waals surface area contributed by atoms with Crippen molar-refractivity contribution in [2.45, 2.75) is 66.0 Å². The van der Waals surface area contributed by atoms with Crippen molar-refractivity contribution in [3.05, 3.63) is 30.1 Å². The van der Waals surface area contributed by atoms with E-state index in [4.69, 9.17) is 10.5 Å². The molecule has 34 heavy (non-hydrogen) atoms. The first-order chi connectivity index (χ1) is 15.6. The van der Waals surface area contributed by atoms with Gasteiger partial charge in [0.15, 0.2) is 5.82 Å². The van der Waals surface area contributed by atoms with Crippen molar-refractivity contribution in [2.24, 2.45) is 11.1 Å². The van der Waals surface area contributed by atoms with E-state index in [1.165, 1.54) is 0 Å². The summed E-state index contributed by atoms with van der Waals surface area (Å²) in [6.07, 6.45) is -0.766. The van der Waals surface area contributed by atoms with Crippen LogP contribution in [0.2, 0.25) is 0 Å². The molecule has 0 aliphatic heterocycles. The van der Waals surface area contributed by atoms with Crippen LogP contribution in [-0.2, 0) is 14.3 Å². The lowest BCUT2D eigenvalue weighted by atomic mass is 9.88. The topological polar surface area (TPSA) is 160 Å². The van der Waals surface area contributed by atoms with Crippen molar-refractivity contribution >= 4 is 34.8 Å². The number of hydrogen-bond donors (Lipinski definition) is 4. The lowest BCUT2D eigenvalue weighted by Gasteiger charge is -2.30. The first-order valence-electron chi connectivity index (χ1n) is 11.0. The Bertz CT molecular complexity index is 1020. The van der Waals surface area contributed by atoms with Crippen LogP contribution >= 0.6 is 0 Å². The lowest BCUT2D eigenvalue weighted by molar-refractivity contribution is -0.129. The van der Waals surface area contributed by atoms with Crippen LogP contribution in [0.1, 0.15) is 65.0 Å². The van der Waals surface area contributed by atoms with Gasteiger partial charge in [0.1, 0.15) is 11.6 Å². The summed E-state index contributed by atoms with van der Waals surface area (Å²) in [6, 6.07) is 6.17. The summed E-state index contributed by atoms with van der Waals surface area (Å²) in [7, 11) is 0. The maximum atomic E-state index is 13.2. The average molecular weight is 475 g/mol. The van der Waals surface area contributed by atoms with Crippen LogP contribution in [-0.4, -0.2) is 57.0 Å². The summed E-state index contributed by atoms with van der Waals surface area (Å²) in [5.74, 6) is -1.80. The summed E-state index contributed by atoms with van der Waals surface area (Å²) >= 11 is 0. The van der Waals surface area contributed by atoms with Gasteiger partial charge in [-0.25, -0.2) is 14.8 Å². The number of hydrazine groups is 1. The Balaban J connectivity index is 2.22. The number of amides is 4. The van der Waals surface area contributed by atoms with Gasteiger partial charge in [-0.2, -0.15) is 0 Å². The number of carbonyl (C=O) groups is 4. The molecule has 0 radical (unpaired) electrons. The summed E-state index contributed by atoms with van der Waals surface area (Å²) in [6.45, 7) is 10.6. The Morgan fingerprint density at radius 2 is 1.76 bits per heavy atom. The fourth-order valence-corrected chi connectivity index (χ4v) is 3.05. The van der Waals surface area contributed by atoms with Gasteiger partial charge in [-0.05, 0) is 44.7 Å². The lowest BCUT2D eigenvalue weighted by Crippen LogP contribution is -2.56. The Hall–Kier alpha value is -3.63. The van der Waals surface area contributed by atoms with Crippen molar-refractivity contribution in [1.29, 1.82) is 0 Å². The van der Waals surface area contributed by atoms with E-state index in [-0.39, 0.29) is 30.6 Å². The third kappa shape index (κ3) is 8.38. The number of nitrogens with two attached hydrogens (primary N) is 1. The number of ether oxygens (including phenoxy) is 1. The van der Waals surface area contributed by atoms with Crippen LogP contribution in [0.3, 0.4) is 0 Å². The predicted octanol–water partition coefficient (Wildman–Crippen LogP) is 2.24. The van der Waals surface area contributed by atoms with Crippen molar-refractivity contribution in [1.82, 2.24) is 25.7 Å². The zero-order chi connectivity index (χ0) is 25.7. The van der Waals surface area contributed by atoms with Gasteiger partial charge >= 0.3 is 6.09 Å². The van der Waals surface area contributed by atoms with Gasteiger partial charge in [0, 0.05) is 6.42 Å². The average Bonchev–Trinajstić information content (AvgIpc) is 3.12. The van der Waals surface area contributed by atoms with Gasteiger partial charge < -0.3 is 20.8 Å². The molecule has 1 aromatic carbocycles. The minimum atomic E-state index is -1.00. The summed E-state index contributed by atoms with van der Waals surface area (Å²) in [5, 5.41) is 3.58. The van der Waals surface area contributed by atoms with Gasteiger partial charge in [-0.3, -0.25) is 19.8 Å². The molecule has 0 aliphatic carbocycles. The fraction of sp³-hybridized carbons (Fsp3) is 0.522. The first kappa shape index (κ1) is 26.6. The molecule has 2 rings (SSSR count). The number of imidazole rings is 1. The Morgan fingerprint density at radius 3 is 2.32 bits per heavy atom. The van der Waals surface area contributed by atoms with E-state index in [1.54, 1.807) is 39.0 Å². The summed E-state index contributed by atoms with van der Waals surface area (Å²) in [5.41, 5.74) is 7.81. The molecule has 11 heteroatoms.